The molecule has 0 heterocycles. The Bertz CT molecular complexity index is 990. The van der Waals surface area contributed by atoms with Crippen LogP contribution < -0.4 is 14.8 Å². The summed E-state index contributed by atoms with van der Waals surface area (Å²) in [7, 11) is 1.57. The second-order valence-corrected chi connectivity index (χ2v) is 8.31. The molecule has 0 atom stereocenters. The number of nitrogens with one attached hydrogen (secondary N) is 1. The van der Waals surface area contributed by atoms with Gasteiger partial charge in [-0.1, -0.05) is 51.8 Å². The highest BCUT2D eigenvalue weighted by Crippen LogP contribution is 2.35. The first kappa shape index (κ1) is 20.7. The number of rotatable bonds is 6. The maximum absolute atomic E-state index is 12.6. The number of ether oxygens (including phenoxy) is 2. The van der Waals surface area contributed by atoms with E-state index in [1.54, 1.807) is 19.2 Å². The standard InChI is InChI=1S/C22H19BrINO3/c1-14-6-8-15(9-7-14)13-28-21-19(24)10-16(11-20(21)27-2)22(26)25-18-5-3-4-17(23)12-18/h3-12H,13H2,1-2H3,(H,25,26). The van der Waals surface area contributed by atoms with Crippen molar-refractivity contribution in [2.45, 2.75) is 13.5 Å². The zero-order chi connectivity index (χ0) is 20.1. The number of carbonyl (C=O) groups excluding carboxylic acids is 1. The van der Waals surface area contributed by atoms with Crippen LogP contribution in [0.15, 0.2) is 65.1 Å². The fraction of sp³-hybridized carbons (Fsp3) is 0.136. The molecule has 144 valence electrons. The predicted molar refractivity (Wildman–Crippen MR) is 123 cm³/mol. The zero-order valence-corrected chi connectivity index (χ0v) is 19.2. The minimum atomic E-state index is -0.209. The number of carbonyl (C=O) groups is 1. The van der Waals surface area contributed by atoms with Crippen molar-refractivity contribution in [3.05, 3.63) is 85.4 Å². The summed E-state index contributed by atoms with van der Waals surface area (Å²) < 4.78 is 13.2. The molecular weight excluding hydrogens is 533 g/mol. The van der Waals surface area contributed by atoms with Crippen molar-refractivity contribution in [1.29, 1.82) is 0 Å². The van der Waals surface area contributed by atoms with Gasteiger partial charge in [-0.2, -0.15) is 0 Å². The van der Waals surface area contributed by atoms with Gasteiger partial charge >= 0.3 is 0 Å². The molecular formula is C22H19BrINO3. The molecule has 0 unspecified atom stereocenters. The van der Waals surface area contributed by atoms with E-state index in [1.807, 2.05) is 36.4 Å². The lowest BCUT2D eigenvalue weighted by atomic mass is 10.1. The highest BCUT2D eigenvalue weighted by molar-refractivity contribution is 14.1. The van der Waals surface area contributed by atoms with E-state index in [0.717, 1.165) is 13.6 Å². The summed E-state index contributed by atoms with van der Waals surface area (Å²) >= 11 is 5.56. The predicted octanol–water partition coefficient (Wildman–Crippen LogP) is 6.20. The third-order valence-electron chi connectivity index (χ3n) is 4.08. The van der Waals surface area contributed by atoms with Crippen molar-refractivity contribution < 1.29 is 14.3 Å². The van der Waals surface area contributed by atoms with Gasteiger partial charge in [0, 0.05) is 15.7 Å². The van der Waals surface area contributed by atoms with E-state index in [2.05, 4.69) is 62.9 Å². The highest BCUT2D eigenvalue weighted by Gasteiger charge is 2.16. The van der Waals surface area contributed by atoms with Gasteiger partial charge in [0.1, 0.15) is 6.61 Å². The monoisotopic (exact) mass is 551 g/mol. The molecule has 0 aliphatic heterocycles. The van der Waals surface area contributed by atoms with E-state index < -0.39 is 0 Å². The van der Waals surface area contributed by atoms with E-state index in [9.17, 15) is 4.79 Å². The Kier molecular flexibility index (Phi) is 6.96. The van der Waals surface area contributed by atoms with E-state index in [4.69, 9.17) is 9.47 Å². The Morgan fingerprint density at radius 3 is 2.54 bits per heavy atom. The minimum Gasteiger partial charge on any atom is -0.493 e. The summed E-state index contributed by atoms with van der Waals surface area (Å²) in [4.78, 5) is 12.6. The van der Waals surface area contributed by atoms with Gasteiger partial charge in [-0.25, -0.2) is 0 Å². The molecule has 0 fully saturated rings. The number of amides is 1. The van der Waals surface area contributed by atoms with Gasteiger partial charge in [-0.05, 0) is 65.4 Å². The molecule has 1 amide bonds. The summed E-state index contributed by atoms with van der Waals surface area (Å²) in [6.45, 7) is 2.48. The van der Waals surface area contributed by atoms with Crippen LogP contribution in [-0.2, 0) is 6.61 Å². The normalized spacial score (nSPS) is 10.4. The number of halogens is 2. The molecule has 28 heavy (non-hydrogen) atoms. The fourth-order valence-electron chi connectivity index (χ4n) is 2.60. The van der Waals surface area contributed by atoms with Crippen molar-refractivity contribution in [2.24, 2.45) is 0 Å². The quantitative estimate of drug-likeness (QED) is 0.371. The van der Waals surface area contributed by atoms with E-state index in [1.165, 1.54) is 5.56 Å². The third-order valence-corrected chi connectivity index (χ3v) is 5.37. The minimum absolute atomic E-state index is 0.209. The lowest BCUT2D eigenvalue weighted by Gasteiger charge is -2.15. The van der Waals surface area contributed by atoms with Gasteiger partial charge in [0.25, 0.3) is 5.91 Å². The number of hydrogen-bond acceptors (Lipinski definition) is 3. The summed E-state index contributed by atoms with van der Waals surface area (Å²) in [5.41, 5.74) is 3.49. The van der Waals surface area contributed by atoms with Gasteiger partial charge in [-0.15, -0.1) is 0 Å². The smallest absolute Gasteiger partial charge is 0.255 e. The van der Waals surface area contributed by atoms with Gasteiger partial charge < -0.3 is 14.8 Å². The van der Waals surface area contributed by atoms with Crippen molar-refractivity contribution in [1.82, 2.24) is 0 Å². The van der Waals surface area contributed by atoms with Crippen LogP contribution in [0.1, 0.15) is 21.5 Å². The lowest BCUT2D eigenvalue weighted by molar-refractivity contribution is 0.102. The molecule has 0 bridgehead atoms. The average Bonchev–Trinajstić information content (AvgIpc) is 2.67. The summed E-state index contributed by atoms with van der Waals surface area (Å²) in [6, 6.07) is 19.1. The number of hydrogen-bond donors (Lipinski definition) is 1. The average molecular weight is 552 g/mol. The highest BCUT2D eigenvalue weighted by atomic mass is 127. The largest absolute Gasteiger partial charge is 0.493 e. The second kappa shape index (κ2) is 9.43. The maximum Gasteiger partial charge on any atom is 0.255 e. The van der Waals surface area contributed by atoms with E-state index in [0.29, 0.717) is 29.4 Å². The first-order valence-electron chi connectivity index (χ1n) is 8.59. The van der Waals surface area contributed by atoms with Crippen LogP contribution in [0, 0.1) is 10.5 Å². The first-order chi connectivity index (χ1) is 13.5. The number of aryl methyl sites for hydroxylation is 1. The van der Waals surface area contributed by atoms with Gasteiger partial charge in [0.15, 0.2) is 11.5 Å². The van der Waals surface area contributed by atoms with Crippen LogP contribution >= 0.6 is 38.5 Å². The maximum atomic E-state index is 12.6. The number of benzene rings is 3. The van der Waals surface area contributed by atoms with Crippen LogP contribution in [0.2, 0.25) is 0 Å². The Morgan fingerprint density at radius 1 is 1.11 bits per heavy atom. The molecule has 0 aliphatic rings. The van der Waals surface area contributed by atoms with Crippen molar-refractivity contribution in [3.8, 4) is 11.5 Å². The van der Waals surface area contributed by atoms with Crippen LogP contribution in [0.25, 0.3) is 0 Å². The summed E-state index contributed by atoms with van der Waals surface area (Å²) in [6.07, 6.45) is 0. The molecule has 6 heteroatoms. The fourth-order valence-corrected chi connectivity index (χ4v) is 3.76. The van der Waals surface area contributed by atoms with Crippen LogP contribution in [0.3, 0.4) is 0 Å². The van der Waals surface area contributed by atoms with Crippen LogP contribution in [-0.4, -0.2) is 13.0 Å². The van der Waals surface area contributed by atoms with Crippen molar-refractivity contribution in [2.75, 3.05) is 12.4 Å². The number of methoxy groups -OCH3 is 1. The zero-order valence-electron chi connectivity index (χ0n) is 15.5. The Balaban J connectivity index is 1.78. The molecule has 3 aromatic carbocycles. The van der Waals surface area contributed by atoms with Crippen LogP contribution in [0.5, 0.6) is 11.5 Å². The Labute approximate surface area is 186 Å². The lowest BCUT2D eigenvalue weighted by Crippen LogP contribution is -2.13. The molecule has 0 radical (unpaired) electrons. The third kappa shape index (κ3) is 5.26. The molecule has 0 spiro atoms. The molecule has 0 aromatic heterocycles. The molecule has 3 aromatic rings. The van der Waals surface area contributed by atoms with E-state index in [-0.39, 0.29) is 5.91 Å². The summed E-state index contributed by atoms with van der Waals surface area (Å²) in [5, 5.41) is 2.89. The first-order valence-corrected chi connectivity index (χ1v) is 10.5. The van der Waals surface area contributed by atoms with Gasteiger partial charge in [0.05, 0.1) is 10.7 Å². The van der Waals surface area contributed by atoms with E-state index >= 15 is 0 Å². The number of anilines is 1. The Hall–Kier alpha value is -2.06. The van der Waals surface area contributed by atoms with Crippen LogP contribution in [0.4, 0.5) is 5.69 Å². The second-order valence-electron chi connectivity index (χ2n) is 6.23. The molecule has 3 rings (SSSR count). The van der Waals surface area contributed by atoms with Crippen molar-refractivity contribution >= 4 is 50.1 Å². The molecule has 0 saturated heterocycles. The molecule has 4 nitrogen and oxygen atoms in total. The summed E-state index contributed by atoms with van der Waals surface area (Å²) in [5.74, 6) is 0.945. The Morgan fingerprint density at radius 2 is 1.86 bits per heavy atom. The molecule has 1 N–H and O–H groups in total. The molecule has 0 aliphatic carbocycles. The van der Waals surface area contributed by atoms with Gasteiger partial charge in [-0.3, -0.25) is 4.79 Å². The molecule has 0 saturated carbocycles. The van der Waals surface area contributed by atoms with Gasteiger partial charge in [0.2, 0.25) is 0 Å². The topological polar surface area (TPSA) is 47.6 Å². The SMILES string of the molecule is COc1cc(C(=O)Nc2cccc(Br)c2)cc(I)c1OCc1ccc(C)cc1. The van der Waals surface area contributed by atoms with Crippen molar-refractivity contribution in [3.63, 3.8) is 0 Å².